The third-order valence-corrected chi connectivity index (χ3v) is 4.93. The molecule has 0 aliphatic heterocycles. The summed E-state index contributed by atoms with van der Waals surface area (Å²) in [6.07, 6.45) is 4.01. The van der Waals surface area contributed by atoms with Gasteiger partial charge in [-0.1, -0.05) is 42.1 Å². The van der Waals surface area contributed by atoms with Crippen LogP contribution in [-0.2, 0) is 14.8 Å². The predicted octanol–water partition coefficient (Wildman–Crippen LogP) is 3.14. The number of primary sulfonamides is 1. The number of benzene rings is 1. The highest BCUT2D eigenvalue weighted by Crippen LogP contribution is 2.25. The number of rotatable bonds is 7. The zero-order valence-corrected chi connectivity index (χ0v) is 14.6. The van der Waals surface area contributed by atoms with Crippen molar-refractivity contribution in [2.75, 3.05) is 6.61 Å². The maximum absolute atomic E-state index is 11.9. The lowest BCUT2D eigenvalue weighted by molar-refractivity contribution is 0.0497. The number of ether oxygens (including phenoxy) is 1. The standard InChI is InChI=1S/C14H20BrNO4S/c1-3-4-5-6-7-20-14(17)11-8-12(15)10(2)13(9-11)21(16,18)19/h8-9H,3-7H2,1-2H3,(H2,16,18,19). The lowest BCUT2D eigenvalue weighted by Gasteiger charge is -2.10. The summed E-state index contributed by atoms with van der Waals surface area (Å²) in [4.78, 5) is 11.9. The van der Waals surface area contributed by atoms with Crippen LogP contribution in [0.1, 0.15) is 48.5 Å². The largest absolute Gasteiger partial charge is 0.462 e. The molecule has 2 N–H and O–H groups in total. The van der Waals surface area contributed by atoms with Gasteiger partial charge in [0.2, 0.25) is 10.0 Å². The van der Waals surface area contributed by atoms with Crippen molar-refractivity contribution in [3.05, 3.63) is 27.7 Å². The van der Waals surface area contributed by atoms with Crippen LogP contribution < -0.4 is 5.14 Å². The monoisotopic (exact) mass is 377 g/mol. The van der Waals surface area contributed by atoms with Crippen LogP contribution in [0, 0.1) is 6.92 Å². The van der Waals surface area contributed by atoms with Gasteiger partial charge >= 0.3 is 5.97 Å². The molecule has 0 spiro atoms. The minimum atomic E-state index is -3.88. The van der Waals surface area contributed by atoms with Crippen LogP contribution in [0.3, 0.4) is 0 Å². The maximum atomic E-state index is 11.9. The molecule has 118 valence electrons. The first-order valence-electron chi connectivity index (χ1n) is 6.77. The molecule has 1 aromatic rings. The molecular formula is C14H20BrNO4S. The molecule has 0 radical (unpaired) electrons. The van der Waals surface area contributed by atoms with E-state index < -0.39 is 16.0 Å². The van der Waals surface area contributed by atoms with Crippen LogP contribution >= 0.6 is 15.9 Å². The predicted molar refractivity (Wildman–Crippen MR) is 84.7 cm³/mol. The second-order valence-electron chi connectivity index (χ2n) is 4.82. The van der Waals surface area contributed by atoms with E-state index in [4.69, 9.17) is 9.88 Å². The highest BCUT2D eigenvalue weighted by Gasteiger charge is 2.18. The van der Waals surface area contributed by atoms with E-state index >= 15 is 0 Å². The average Bonchev–Trinajstić information content (AvgIpc) is 2.39. The van der Waals surface area contributed by atoms with Gasteiger partial charge in [0.1, 0.15) is 0 Å². The number of hydrogen-bond donors (Lipinski definition) is 1. The van der Waals surface area contributed by atoms with Crippen molar-refractivity contribution in [3.63, 3.8) is 0 Å². The average molecular weight is 378 g/mol. The molecular weight excluding hydrogens is 358 g/mol. The molecule has 1 rings (SSSR count). The third kappa shape index (κ3) is 5.41. The van der Waals surface area contributed by atoms with Gasteiger partial charge in [-0.2, -0.15) is 0 Å². The molecule has 0 saturated heterocycles. The second-order valence-corrected chi connectivity index (χ2v) is 7.21. The van der Waals surface area contributed by atoms with Gasteiger partial charge in [0.15, 0.2) is 0 Å². The Balaban J connectivity index is 2.84. The van der Waals surface area contributed by atoms with E-state index in [0.717, 1.165) is 25.7 Å². The molecule has 0 atom stereocenters. The Bertz CT molecular complexity index is 614. The molecule has 0 aliphatic rings. The minimum absolute atomic E-state index is 0.0743. The molecule has 0 heterocycles. The maximum Gasteiger partial charge on any atom is 0.338 e. The van der Waals surface area contributed by atoms with Crippen LogP contribution in [0.4, 0.5) is 0 Å². The van der Waals surface area contributed by atoms with Gasteiger partial charge in [-0.05, 0) is 31.0 Å². The molecule has 0 aromatic heterocycles. The highest BCUT2D eigenvalue weighted by molar-refractivity contribution is 9.10. The van der Waals surface area contributed by atoms with Gasteiger partial charge in [-0.25, -0.2) is 18.4 Å². The summed E-state index contributed by atoms with van der Waals surface area (Å²) in [7, 11) is -3.88. The van der Waals surface area contributed by atoms with Crippen LogP contribution in [0.5, 0.6) is 0 Å². The number of unbranched alkanes of at least 4 members (excludes halogenated alkanes) is 3. The van der Waals surface area contributed by atoms with Crippen molar-refractivity contribution in [3.8, 4) is 0 Å². The van der Waals surface area contributed by atoms with E-state index in [-0.39, 0.29) is 10.5 Å². The van der Waals surface area contributed by atoms with E-state index in [2.05, 4.69) is 22.9 Å². The normalized spacial score (nSPS) is 11.4. The van der Waals surface area contributed by atoms with Crippen molar-refractivity contribution < 1.29 is 17.9 Å². The zero-order valence-electron chi connectivity index (χ0n) is 12.2. The molecule has 0 fully saturated rings. The van der Waals surface area contributed by atoms with Gasteiger partial charge in [-0.3, -0.25) is 0 Å². The van der Waals surface area contributed by atoms with E-state index in [1.54, 1.807) is 13.0 Å². The molecule has 1 aromatic carbocycles. The SMILES string of the molecule is CCCCCCOC(=O)c1cc(Br)c(C)c(S(N)(=O)=O)c1. The first-order chi connectivity index (χ1) is 9.77. The summed E-state index contributed by atoms with van der Waals surface area (Å²) in [5, 5.41) is 5.15. The van der Waals surface area contributed by atoms with Crippen molar-refractivity contribution in [1.82, 2.24) is 0 Å². The lowest BCUT2D eigenvalue weighted by Crippen LogP contribution is -2.16. The number of carbonyl (C=O) groups excluding carboxylic acids is 1. The van der Waals surface area contributed by atoms with E-state index in [0.29, 0.717) is 16.6 Å². The van der Waals surface area contributed by atoms with Crippen molar-refractivity contribution in [2.45, 2.75) is 44.4 Å². The fourth-order valence-electron chi connectivity index (χ4n) is 1.84. The highest BCUT2D eigenvalue weighted by atomic mass is 79.9. The Labute approximate surface area is 134 Å². The number of sulfonamides is 1. The quantitative estimate of drug-likeness (QED) is 0.583. The molecule has 0 unspecified atom stereocenters. The first kappa shape index (κ1) is 18.1. The van der Waals surface area contributed by atoms with Crippen molar-refractivity contribution in [2.24, 2.45) is 5.14 Å². The Morgan fingerprint density at radius 1 is 1.29 bits per heavy atom. The fraction of sp³-hybridized carbons (Fsp3) is 0.500. The van der Waals surface area contributed by atoms with E-state index in [9.17, 15) is 13.2 Å². The van der Waals surface area contributed by atoms with Gasteiger partial charge in [0.25, 0.3) is 0 Å². The molecule has 0 aliphatic carbocycles. The Kier molecular flexibility index (Phi) is 6.83. The lowest BCUT2D eigenvalue weighted by atomic mass is 10.1. The van der Waals surface area contributed by atoms with Crippen LogP contribution in [0.15, 0.2) is 21.5 Å². The minimum Gasteiger partial charge on any atom is -0.462 e. The molecule has 0 amide bonds. The topological polar surface area (TPSA) is 86.5 Å². The number of esters is 1. The Hall–Kier alpha value is -0.920. The van der Waals surface area contributed by atoms with Crippen molar-refractivity contribution in [1.29, 1.82) is 0 Å². The summed E-state index contributed by atoms with van der Waals surface area (Å²) in [6, 6.07) is 2.79. The second kappa shape index (κ2) is 7.91. The van der Waals surface area contributed by atoms with Crippen LogP contribution in [0.25, 0.3) is 0 Å². The van der Waals surface area contributed by atoms with E-state index in [1.807, 2.05) is 0 Å². The van der Waals surface area contributed by atoms with Gasteiger partial charge in [0.05, 0.1) is 17.1 Å². The Morgan fingerprint density at radius 2 is 1.95 bits per heavy atom. The first-order valence-corrected chi connectivity index (χ1v) is 9.11. The smallest absolute Gasteiger partial charge is 0.338 e. The summed E-state index contributed by atoms with van der Waals surface area (Å²) in [6.45, 7) is 4.04. The van der Waals surface area contributed by atoms with Crippen molar-refractivity contribution >= 4 is 31.9 Å². The number of carbonyl (C=O) groups is 1. The third-order valence-electron chi connectivity index (χ3n) is 3.07. The zero-order chi connectivity index (χ0) is 16.0. The fourth-order valence-corrected chi connectivity index (χ4v) is 3.26. The summed E-state index contributed by atoms with van der Waals surface area (Å²) < 4.78 is 28.7. The molecule has 21 heavy (non-hydrogen) atoms. The van der Waals surface area contributed by atoms with Gasteiger partial charge in [-0.15, -0.1) is 0 Å². The number of hydrogen-bond acceptors (Lipinski definition) is 4. The van der Waals surface area contributed by atoms with Gasteiger partial charge in [0, 0.05) is 4.47 Å². The van der Waals surface area contributed by atoms with Gasteiger partial charge < -0.3 is 4.74 Å². The summed E-state index contributed by atoms with van der Waals surface area (Å²) >= 11 is 3.23. The summed E-state index contributed by atoms with van der Waals surface area (Å²) in [5.41, 5.74) is 0.643. The van der Waals surface area contributed by atoms with Crippen LogP contribution in [0.2, 0.25) is 0 Å². The van der Waals surface area contributed by atoms with E-state index in [1.165, 1.54) is 6.07 Å². The molecule has 0 bridgehead atoms. The molecule has 5 nitrogen and oxygen atoms in total. The van der Waals surface area contributed by atoms with Crippen LogP contribution in [-0.4, -0.2) is 21.0 Å². The molecule has 7 heteroatoms. The Morgan fingerprint density at radius 3 is 2.52 bits per heavy atom. The number of nitrogens with two attached hydrogens (primary N) is 1. The number of halogens is 1. The summed E-state index contributed by atoms with van der Waals surface area (Å²) in [5.74, 6) is -0.544. The molecule has 0 saturated carbocycles.